The summed E-state index contributed by atoms with van der Waals surface area (Å²) in [5, 5.41) is 9.41. The molecular formula is C18H15N5O. The van der Waals surface area contributed by atoms with E-state index in [1.807, 2.05) is 48.5 Å². The topological polar surface area (TPSA) is 111 Å². The zero-order valence-electron chi connectivity index (χ0n) is 13.0. The van der Waals surface area contributed by atoms with Crippen LogP contribution in [-0.2, 0) is 0 Å². The van der Waals surface area contributed by atoms with Crippen molar-refractivity contribution in [2.75, 3.05) is 18.6 Å². The van der Waals surface area contributed by atoms with E-state index in [9.17, 15) is 5.26 Å². The number of rotatable bonds is 3. The van der Waals surface area contributed by atoms with E-state index < -0.39 is 0 Å². The Morgan fingerprint density at radius 2 is 1.62 bits per heavy atom. The molecule has 1 aromatic heterocycles. The van der Waals surface area contributed by atoms with Crippen LogP contribution in [0.3, 0.4) is 0 Å². The number of nitrogens with two attached hydrogens (primary N) is 2. The van der Waals surface area contributed by atoms with Gasteiger partial charge in [-0.25, -0.2) is 4.98 Å². The molecule has 0 fully saturated rings. The van der Waals surface area contributed by atoms with Crippen LogP contribution in [0.2, 0.25) is 0 Å². The molecule has 2 aromatic carbocycles. The third kappa shape index (κ3) is 2.71. The van der Waals surface area contributed by atoms with Crippen molar-refractivity contribution in [3.8, 4) is 34.2 Å². The third-order valence-electron chi connectivity index (χ3n) is 3.65. The monoisotopic (exact) mass is 317 g/mol. The lowest BCUT2D eigenvalue weighted by Gasteiger charge is -2.12. The number of nitriles is 1. The summed E-state index contributed by atoms with van der Waals surface area (Å²) >= 11 is 0. The number of benzene rings is 2. The maximum atomic E-state index is 9.41. The highest BCUT2D eigenvalue weighted by Crippen LogP contribution is 2.34. The zero-order valence-corrected chi connectivity index (χ0v) is 13.0. The average Bonchev–Trinajstić information content (AvgIpc) is 2.61. The number of methoxy groups -OCH3 is 1. The van der Waals surface area contributed by atoms with Crippen LogP contribution >= 0.6 is 0 Å². The minimum atomic E-state index is 0.0334. The molecule has 6 heteroatoms. The van der Waals surface area contributed by atoms with E-state index in [1.54, 1.807) is 7.11 Å². The Morgan fingerprint density at radius 3 is 2.25 bits per heavy atom. The summed E-state index contributed by atoms with van der Waals surface area (Å²) in [6, 6.07) is 17.3. The first kappa shape index (κ1) is 15.3. The van der Waals surface area contributed by atoms with Crippen LogP contribution in [0, 0.1) is 11.3 Å². The molecule has 6 nitrogen and oxygen atoms in total. The molecular weight excluding hydrogens is 302 g/mol. The molecule has 3 rings (SSSR count). The van der Waals surface area contributed by atoms with Crippen molar-refractivity contribution < 1.29 is 4.74 Å². The van der Waals surface area contributed by atoms with Crippen LogP contribution in [0.1, 0.15) is 5.56 Å². The third-order valence-corrected chi connectivity index (χ3v) is 3.65. The normalized spacial score (nSPS) is 10.2. The summed E-state index contributed by atoms with van der Waals surface area (Å²) in [6.07, 6.45) is 0. The lowest BCUT2D eigenvalue weighted by Crippen LogP contribution is -2.05. The van der Waals surface area contributed by atoms with Gasteiger partial charge in [0.1, 0.15) is 23.2 Å². The van der Waals surface area contributed by atoms with Gasteiger partial charge in [-0.15, -0.1) is 0 Å². The first-order chi connectivity index (χ1) is 11.6. The number of ether oxygens (including phenoxy) is 1. The van der Waals surface area contributed by atoms with Crippen molar-refractivity contribution in [1.82, 2.24) is 9.97 Å². The fourth-order valence-electron chi connectivity index (χ4n) is 2.51. The van der Waals surface area contributed by atoms with Gasteiger partial charge in [0, 0.05) is 5.56 Å². The Bertz CT molecular complexity index is 929. The highest BCUT2D eigenvalue weighted by atomic mass is 16.5. The van der Waals surface area contributed by atoms with E-state index >= 15 is 0 Å². The molecule has 0 saturated heterocycles. The number of nitrogen functional groups attached to an aromatic ring is 2. The van der Waals surface area contributed by atoms with Crippen molar-refractivity contribution in [3.63, 3.8) is 0 Å². The summed E-state index contributed by atoms with van der Waals surface area (Å²) in [7, 11) is 1.62. The van der Waals surface area contributed by atoms with Crippen molar-refractivity contribution in [2.45, 2.75) is 0 Å². The van der Waals surface area contributed by atoms with Crippen LogP contribution in [0.5, 0.6) is 5.75 Å². The van der Waals surface area contributed by atoms with Crippen molar-refractivity contribution in [2.24, 2.45) is 0 Å². The molecule has 0 unspecified atom stereocenters. The first-order valence-corrected chi connectivity index (χ1v) is 7.21. The largest absolute Gasteiger partial charge is 0.497 e. The highest BCUT2D eigenvalue weighted by Gasteiger charge is 2.16. The van der Waals surface area contributed by atoms with E-state index in [0.717, 1.165) is 22.4 Å². The molecule has 0 aliphatic heterocycles. The molecule has 0 radical (unpaired) electrons. The molecule has 0 amide bonds. The number of hydrogen-bond donors (Lipinski definition) is 2. The molecule has 0 saturated carbocycles. The first-order valence-electron chi connectivity index (χ1n) is 7.21. The Kier molecular flexibility index (Phi) is 4.00. The molecule has 0 aliphatic rings. The minimum Gasteiger partial charge on any atom is -0.497 e. The standard InChI is InChI=1S/C18H15N5O/c1-24-12-8-6-11(7-9-12)13-4-2-3-5-14(13)16-15(10-19)17(20)23-18(21)22-16/h2-9H,1H3,(H4,20,21,22,23). The Hall–Kier alpha value is -3.59. The predicted octanol–water partition coefficient (Wildman–Crippen LogP) is 2.86. The zero-order chi connectivity index (χ0) is 17.1. The van der Waals surface area contributed by atoms with Gasteiger partial charge >= 0.3 is 0 Å². The fourth-order valence-corrected chi connectivity index (χ4v) is 2.51. The Morgan fingerprint density at radius 1 is 0.958 bits per heavy atom. The van der Waals surface area contributed by atoms with Crippen LogP contribution in [0.25, 0.3) is 22.4 Å². The Balaban J connectivity index is 2.22. The SMILES string of the molecule is COc1ccc(-c2ccccc2-c2nc(N)nc(N)c2C#N)cc1. The van der Waals surface area contributed by atoms with E-state index in [1.165, 1.54) is 0 Å². The number of aromatic nitrogens is 2. The van der Waals surface area contributed by atoms with E-state index in [-0.39, 0.29) is 17.3 Å². The highest BCUT2D eigenvalue weighted by molar-refractivity contribution is 5.86. The number of hydrogen-bond acceptors (Lipinski definition) is 6. The van der Waals surface area contributed by atoms with Crippen molar-refractivity contribution >= 4 is 11.8 Å². The van der Waals surface area contributed by atoms with Crippen LogP contribution in [0.15, 0.2) is 48.5 Å². The Labute approximate surface area is 139 Å². The summed E-state index contributed by atoms with van der Waals surface area (Å²) < 4.78 is 5.19. The molecule has 1 heterocycles. The second-order valence-corrected chi connectivity index (χ2v) is 5.08. The summed E-state index contributed by atoms with van der Waals surface area (Å²) in [5.74, 6) is 0.875. The average molecular weight is 317 g/mol. The molecule has 24 heavy (non-hydrogen) atoms. The molecule has 0 aliphatic carbocycles. The molecule has 0 bridgehead atoms. The lowest BCUT2D eigenvalue weighted by molar-refractivity contribution is 0.415. The summed E-state index contributed by atoms with van der Waals surface area (Å²) in [4.78, 5) is 8.10. The van der Waals surface area contributed by atoms with E-state index in [2.05, 4.69) is 16.0 Å². The maximum absolute atomic E-state index is 9.41. The van der Waals surface area contributed by atoms with Gasteiger partial charge in [0.2, 0.25) is 5.95 Å². The molecule has 118 valence electrons. The predicted molar refractivity (Wildman–Crippen MR) is 93.0 cm³/mol. The number of nitrogens with zero attached hydrogens (tertiary/aromatic N) is 3. The van der Waals surface area contributed by atoms with Gasteiger partial charge < -0.3 is 16.2 Å². The van der Waals surface area contributed by atoms with Gasteiger partial charge in [-0.3, -0.25) is 0 Å². The van der Waals surface area contributed by atoms with Crippen molar-refractivity contribution in [1.29, 1.82) is 5.26 Å². The van der Waals surface area contributed by atoms with Gasteiger partial charge in [0.25, 0.3) is 0 Å². The fraction of sp³-hybridized carbons (Fsp3) is 0.0556. The second kappa shape index (κ2) is 6.26. The van der Waals surface area contributed by atoms with Crippen LogP contribution in [0.4, 0.5) is 11.8 Å². The van der Waals surface area contributed by atoms with Crippen LogP contribution < -0.4 is 16.2 Å². The van der Waals surface area contributed by atoms with Crippen LogP contribution in [-0.4, -0.2) is 17.1 Å². The van der Waals surface area contributed by atoms with Gasteiger partial charge in [-0.05, 0) is 23.3 Å². The van der Waals surface area contributed by atoms with Gasteiger partial charge in [-0.2, -0.15) is 10.2 Å². The number of anilines is 2. The summed E-state index contributed by atoms with van der Waals surface area (Å²) in [5.41, 5.74) is 14.8. The quantitative estimate of drug-likeness (QED) is 0.768. The molecule has 3 aromatic rings. The second-order valence-electron chi connectivity index (χ2n) is 5.08. The molecule has 4 N–H and O–H groups in total. The lowest BCUT2D eigenvalue weighted by atomic mass is 9.95. The van der Waals surface area contributed by atoms with E-state index in [4.69, 9.17) is 16.2 Å². The minimum absolute atomic E-state index is 0.0334. The van der Waals surface area contributed by atoms with E-state index in [0.29, 0.717) is 5.69 Å². The van der Waals surface area contributed by atoms with Crippen molar-refractivity contribution in [3.05, 3.63) is 54.1 Å². The van der Waals surface area contributed by atoms with Gasteiger partial charge in [-0.1, -0.05) is 36.4 Å². The molecule has 0 atom stereocenters. The summed E-state index contributed by atoms with van der Waals surface area (Å²) in [6.45, 7) is 0. The van der Waals surface area contributed by atoms with Gasteiger partial charge in [0.05, 0.1) is 12.8 Å². The maximum Gasteiger partial charge on any atom is 0.222 e. The molecule has 0 spiro atoms. The van der Waals surface area contributed by atoms with Gasteiger partial charge in [0.15, 0.2) is 0 Å². The smallest absolute Gasteiger partial charge is 0.222 e.